The molecule has 24 heavy (non-hydrogen) atoms. The van der Waals surface area contributed by atoms with E-state index in [4.69, 9.17) is 4.74 Å². The number of amides is 2. The molecule has 1 aromatic rings. The Balaban J connectivity index is 1.47. The highest BCUT2D eigenvalue weighted by molar-refractivity contribution is 7.13. The molecule has 1 aromatic heterocycles. The molecule has 2 heterocycles. The molecule has 2 aliphatic rings. The SMILES string of the molecule is COC(=O)C1CCN(C(=O)Cc2csc(NC(=O)C3CC3)n2)CC1. The maximum absolute atomic E-state index is 12.4. The lowest BCUT2D eigenvalue weighted by atomic mass is 9.97. The van der Waals surface area contributed by atoms with E-state index in [9.17, 15) is 14.4 Å². The first-order valence-electron chi connectivity index (χ1n) is 8.17. The number of hydrogen-bond acceptors (Lipinski definition) is 6. The Labute approximate surface area is 144 Å². The number of nitrogens with one attached hydrogen (secondary N) is 1. The van der Waals surface area contributed by atoms with Gasteiger partial charge in [0.05, 0.1) is 25.1 Å². The number of carbonyl (C=O) groups is 3. The van der Waals surface area contributed by atoms with Crippen molar-refractivity contribution in [2.75, 3.05) is 25.5 Å². The quantitative estimate of drug-likeness (QED) is 0.811. The van der Waals surface area contributed by atoms with Crippen molar-refractivity contribution in [2.45, 2.75) is 32.1 Å². The summed E-state index contributed by atoms with van der Waals surface area (Å²) in [5, 5.41) is 5.16. The summed E-state index contributed by atoms with van der Waals surface area (Å²) in [6.07, 6.45) is 3.39. The normalized spacial score (nSPS) is 18.3. The van der Waals surface area contributed by atoms with E-state index in [1.807, 2.05) is 5.38 Å². The van der Waals surface area contributed by atoms with Gasteiger partial charge in [0.25, 0.3) is 0 Å². The van der Waals surface area contributed by atoms with Crippen molar-refractivity contribution in [1.82, 2.24) is 9.88 Å². The summed E-state index contributed by atoms with van der Waals surface area (Å²) in [7, 11) is 1.39. The van der Waals surface area contributed by atoms with E-state index < -0.39 is 0 Å². The van der Waals surface area contributed by atoms with E-state index in [0.717, 1.165) is 12.8 Å². The van der Waals surface area contributed by atoms with Crippen molar-refractivity contribution in [3.8, 4) is 0 Å². The van der Waals surface area contributed by atoms with Gasteiger partial charge in [0.1, 0.15) is 0 Å². The fourth-order valence-corrected chi connectivity index (χ4v) is 3.51. The molecule has 3 rings (SSSR count). The monoisotopic (exact) mass is 351 g/mol. The zero-order chi connectivity index (χ0) is 17.1. The molecule has 8 heteroatoms. The molecule has 1 aliphatic heterocycles. The molecular formula is C16H21N3O4S. The van der Waals surface area contributed by atoms with E-state index in [-0.39, 0.29) is 36.0 Å². The van der Waals surface area contributed by atoms with E-state index in [1.165, 1.54) is 18.4 Å². The predicted molar refractivity (Wildman–Crippen MR) is 88.5 cm³/mol. The number of rotatable bonds is 5. The smallest absolute Gasteiger partial charge is 0.308 e. The second kappa shape index (κ2) is 7.29. The average molecular weight is 351 g/mol. The fraction of sp³-hybridized carbons (Fsp3) is 0.625. The van der Waals surface area contributed by atoms with Gasteiger partial charge in [0, 0.05) is 24.4 Å². The van der Waals surface area contributed by atoms with Crippen molar-refractivity contribution >= 4 is 34.3 Å². The zero-order valence-electron chi connectivity index (χ0n) is 13.6. The number of anilines is 1. The number of ether oxygens (including phenoxy) is 1. The highest BCUT2D eigenvalue weighted by Crippen LogP contribution is 2.30. The molecule has 2 fully saturated rings. The molecule has 0 unspecified atom stereocenters. The van der Waals surface area contributed by atoms with Crippen LogP contribution in [0.15, 0.2) is 5.38 Å². The first-order chi connectivity index (χ1) is 11.6. The van der Waals surface area contributed by atoms with E-state index >= 15 is 0 Å². The second-order valence-corrected chi connectivity index (χ2v) is 7.12. The lowest BCUT2D eigenvalue weighted by Crippen LogP contribution is -2.41. The number of esters is 1. The third kappa shape index (κ3) is 4.11. The van der Waals surface area contributed by atoms with Gasteiger partial charge in [0.2, 0.25) is 11.8 Å². The van der Waals surface area contributed by atoms with Gasteiger partial charge in [-0.15, -0.1) is 11.3 Å². The van der Waals surface area contributed by atoms with Crippen LogP contribution >= 0.6 is 11.3 Å². The number of hydrogen-bond donors (Lipinski definition) is 1. The molecule has 0 radical (unpaired) electrons. The van der Waals surface area contributed by atoms with Gasteiger partial charge in [-0.05, 0) is 25.7 Å². The fourth-order valence-electron chi connectivity index (χ4n) is 2.80. The van der Waals surface area contributed by atoms with Crippen LogP contribution in [-0.4, -0.2) is 47.9 Å². The summed E-state index contributed by atoms with van der Waals surface area (Å²) < 4.78 is 4.75. The first kappa shape index (κ1) is 16.9. The molecule has 0 spiro atoms. The third-order valence-corrected chi connectivity index (χ3v) is 5.25. The maximum Gasteiger partial charge on any atom is 0.308 e. The molecule has 1 aliphatic carbocycles. The predicted octanol–water partition coefficient (Wildman–Crippen LogP) is 1.45. The van der Waals surface area contributed by atoms with Crippen LogP contribution in [0.5, 0.6) is 0 Å². The van der Waals surface area contributed by atoms with Gasteiger partial charge in [-0.25, -0.2) is 4.98 Å². The molecule has 0 aromatic carbocycles. The standard InChI is InChI=1S/C16H21N3O4S/c1-23-15(22)11-4-6-19(7-5-11)13(20)8-12-9-24-16(17-12)18-14(21)10-2-3-10/h9-11H,2-8H2,1H3,(H,17,18,21). The van der Waals surface area contributed by atoms with Crippen molar-refractivity contribution in [3.05, 3.63) is 11.1 Å². The Morgan fingerprint density at radius 3 is 2.58 bits per heavy atom. The Bertz CT molecular complexity index is 633. The van der Waals surface area contributed by atoms with Crippen LogP contribution in [0.25, 0.3) is 0 Å². The largest absolute Gasteiger partial charge is 0.469 e. The summed E-state index contributed by atoms with van der Waals surface area (Å²) in [4.78, 5) is 41.6. The molecular weight excluding hydrogens is 330 g/mol. The Hall–Kier alpha value is -1.96. The average Bonchev–Trinajstić information content (AvgIpc) is 3.36. The first-order valence-corrected chi connectivity index (χ1v) is 9.05. The van der Waals surface area contributed by atoms with Gasteiger partial charge in [-0.3, -0.25) is 14.4 Å². The third-order valence-electron chi connectivity index (χ3n) is 4.44. The summed E-state index contributed by atoms with van der Waals surface area (Å²) in [6, 6.07) is 0. The Morgan fingerprint density at radius 2 is 1.96 bits per heavy atom. The van der Waals surface area contributed by atoms with Crippen molar-refractivity contribution < 1.29 is 19.1 Å². The summed E-state index contributed by atoms with van der Waals surface area (Å²) in [5.74, 6) is -0.147. The lowest BCUT2D eigenvalue weighted by molar-refractivity contribution is -0.148. The number of nitrogens with zero attached hydrogens (tertiary/aromatic N) is 2. The van der Waals surface area contributed by atoms with Crippen LogP contribution in [0.2, 0.25) is 0 Å². The van der Waals surface area contributed by atoms with Gasteiger partial charge < -0.3 is 15.0 Å². The summed E-state index contributed by atoms with van der Waals surface area (Å²) in [6.45, 7) is 1.13. The topological polar surface area (TPSA) is 88.6 Å². The minimum Gasteiger partial charge on any atom is -0.469 e. The molecule has 0 bridgehead atoms. The second-order valence-electron chi connectivity index (χ2n) is 6.26. The van der Waals surface area contributed by atoms with Crippen LogP contribution in [0.4, 0.5) is 5.13 Å². The Morgan fingerprint density at radius 1 is 1.25 bits per heavy atom. The molecule has 2 amide bonds. The minimum absolute atomic E-state index is 0.00341. The molecule has 130 valence electrons. The van der Waals surface area contributed by atoms with E-state index in [0.29, 0.717) is 36.8 Å². The van der Waals surface area contributed by atoms with Crippen LogP contribution in [-0.2, 0) is 25.5 Å². The van der Waals surface area contributed by atoms with E-state index in [2.05, 4.69) is 10.3 Å². The number of methoxy groups -OCH3 is 1. The molecule has 1 saturated heterocycles. The zero-order valence-corrected chi connectivity index (χ0v) is 14.4. The number of piperidine rings is 1. The minimum atomic E-state index is -0.197. The molecule has 1 N–H and O–H groups in total. The highest BCUT2D eigenvalue weighted by Gasteiger charge is 2.30. The van der Waals surface area contributed by atoms with Gasteiger partial charge in [-0.1, -0.05) is 0 Å². The number of thiazole rings is 1. The van der Waals surface area contributed by atoms with Crippen LogP contribution < -0.4 is 5.32 Å². The van der Waals surface area contributed by atoms with Crippen molar-refractivity contribution in [1.29, 1.82) is 0 Å². The van der Waals surface area contributed by atoms with Gasteiger partial charge >= 0.3 is 5.97 Å². The van der Waals surface area contributed by atoms with Crippen molar-refractivity contribution in [3.63, 3.8) is 0 Å². The van der Waals surface area contributed by atoms with Gasteiger partial charge in [-0.2, -0.15) is 0 Å². The van der Waals surface area contributed by atoms with Gasteiger partial charge in [0.15, 0.2) is 5.13 Å². The summed E-state index contributed by atoms with van der Waals surface area (Å²) >= 11 is 1.34. The van der Waals surface area contributed by atoms with E-state index in [1.54, 1.807) is 4.90 Å². The van der Waals surface area contributed by atoms with Crippen LogP contribution in [0.3, 0.4) is 0 Å². The Kier molecular flexibility index (Phi) is 5.13. The number of aromatic nitrogens is 1. The van der Waals surface area contributed by atoms with Crippen LogP contribution in [0.1, 0.15) is 31.4 Å². The van der Waals surface area contributed by atoms with Crippen molar-refractivity contribution in [2.24, 2.45) is 11.8 Å². The lowest BCUT2D eigenvalue weighted by Gasteiger charge is -2.30. The van der Waals surface area contributed by atoms with Crippen LogP contribution in [0, 0.1) is 11.8 Å². The highest BCUT2D eigenvalue weighted by atomic mass is 32.1. The molecule has 7 nitrogen and oxygen atoms in total. The number of likely N-dealkylation sites (tertiary alicyclic amines) is 1. The number of carbonyl (C=O) groups excluding carboxylic acids is 3. The molecule has 0 atom stereocenters. The molecule has 1 saturated carbocycles. The maximum atomic E-state index is 12.4. The summed E-state index contributed by atoms with van der Waals surface area (Å²) in [5.41, 5.74) is 0.672.